The van der Waals surface area contributed by atoms with Crippen molar-refractivity contribution in [1.82, 2.24) is 14.5 Å². The van der Waals surface area contributed by atoms with Crippen LogP contribution in [0.4, 0.5) is 5.13 Å². The van der Waals surface area contributed by atoms with Crippen LogP contribution in [-0.2, 0) is 20.6 Å². The zero-order valence-corrected chi connectivity index (χ0v) is 20.3. The maximum Gasteiger partial charge on any atom is 0.230 e. The summed E-state index contributed by atoms with van der Waals surface area (Å²) in [7, 11) is -3.62. The van der Waals surface area contributed by atoms with Gasteiger partial charge in [-0.05, 0) is 37.0 Å². The van der Waals surface area contributed by atoms with Crippen LogP contribution >= 0.6 is 46.3 Å². The van der Waals surface area contributed by atoms with Crippen molar-refractivity contribution in [3.8, 4) is 0 Å². The second-order valence-corrected chi connectivity index (χ2v) is 12.0. The Labute approximate surface area is 194 Å². The zero-order chi connectivity index (χ0) is 21.7. The molecular weight excluding hydrogens is 487 g/mol. The lowest BCUT2D eigenvalue weighted by molar-refractivity contribution is -0.120. The number of carbonyl (C=O) groups is 1. The largest absolute Gasteiger partial charge is 0.300 e. The van der Waals surface area contributed by atoms with Crippen LogP contribution in [0.2, 0.25) is 10.0 Å². The summed E-state index contributed by atoms with van der Waals surface area (Å²) in [6, 6.07) is 4.75. The minimum atomic E-state index is -3.62. The van der Waals surface area contributed by atoms with Crippen LogP contribution in [0.3, 0.4) is 0 Å². The van der Waals surface area contributed by atoms with E-state index in [0.717, 1.165) is 16.5 Å². The van der Waals surface area contributed by atoms with Crippen molar-refractivity contribution in [2.75, 3.05) is 24.2 Å². The fraction of sp³-hybridized carbons (Fsp3) is 0.500. The van der Waals surface area contributed by atoms with Crippen molar-refractivity contribution in [3.05, 3.63) is 33.8 Å². The second-order valence-electron chi connectivity index (χ2n) is 6.90. The highest BCUT2D eigenvalue weighted by molar-refractivity contribution is 8.01. The Kier molecular flexibility index (Phi) is 8.39. The summed E-state index contributed by atoms with van der Waals surface area (Å²) in [5, 5.41) is 12.0. The second kappa shape index (κ2) is 10.6. The number of nitrogens with zero attached hydrogens (tertiary/aromatic N) is 3. The third-order valence-corrected chi connectivity index (χ3v) is 9.13. The number of rotatable bonds is 8. The van der Waals surface area contributed by atoms with Gasteiger partial charge in [-0.3, -0.25) is 4.79 Å². The average molecular weight is 510 g/mol. The van der Waals surface area contributed by atoms with E-state index >= 15 is 0 Å². The zero-order valence-electron chi connectivity index (χ0n) is 16.3. The molecule has 3 rings (SSSR count). The van der Waals surface area contributed by atoms with Crippen LogP contribution in [0.1, 0.15) is 31.7 Å². The predicted octanol–water partition coefficient (Wildman–Crippen LogP) is 4.53. The van der Waals surface area contributed by atoms with Gasteiger partial charge in [-0.1, -0.05) is 59.3 Å². The van der Waals surface area contributed by atoms with E-state index in [-0.39, 0.29) is 18.2 Å². The number of hydrogen-bond donors (Lipinski definition) is 1. The Morgan fingerprint density at radius 3 is 2.90 bits per heavy atom. The van der Waals surface area contributed by atoms with Gasteiger partial charge in [-0.2, -0.15) is 0 Å². The van der Waals surface area contributed by atoms with E-state index in [2.05, 4.69) is 22.4 Å². The molecular formula is C18H22Cl2N4O3S3. The summed E-state index contributed by atoms with van der Waals surface area (Å²) in [5.41, 5.74) is 0.485. The fourth-order valence-corrected chi connectivity index (χ4v) is 6.93. The van der Waals surface area contributed by atoms with Gasteiger partial charge in [0.1, 0.15) is 0 Å². The molecule has 2 heterocycles. The number of sulfonamides is 1. The first kappa shape index (κ1) is 23.7. The number of piperidine rings is 1. The maximum atomic E-state index is 12.9. The van der Waals surface area contributed by atoms with E-state index in [4.69, 9.17) is 23.2 Å². The summed E-state index contributed by atoms with van der Waals surface area (Å²) in [6.07, 6.45) is 2.26. The molecule has 30 heavy (non-hydrogen) atoms. The van der Waals surface area contributed by atoms with E-state index in [1.807, 2.05) is 0 Å². The van der Waals surface area contributed by atoms with Gasteiger partial charge in [0.15, 0.2) is 4.34 Å². The minimum absolute atomic E-state index is 0.135. The van der Waals surface area contributed by atoms with E-state index in [9.17, 15) is 13.2 Å². The summed E-state index contributed by atoms with van der Waals surface area (Å²) in [5.74, 6) is 0.0361. The highest BCUT2D eigenvalue weighted by Gasteiger charge is 2.33. The number of aromatic nitrogens is 2. The molecule has 0 saturated carbocycles. The number of amides is 1. The Morgan fingerprint density at radius 2 is 2.17 bits per heavy atom. The first-order chi connectivity index (χ1) is 14.3. The lowest BCUT2D eigenvalue weighted by Crippen LogP contribution is -2.44. The summed E-state index contributed by atoms with van der Waals surface area (Å²) < 4.78 is 28.0. The van der Waals surface area contributed by atoms with Gasteiger partial charge in [0.25, 0.3) is 0 Å². The van der Waals surface area contributed by atoms with Crippen LogP contribution in [0.25, 0.3) is 0 Å². The molecule has 1 atom stereocenters. The molecule has 1 amide bonds. The smallest absolute Gasteiger partial charge is 0.230 e. The number of benzene rings is 1. The monoisotopic (exact) mass is 508 g/mol. The molecule has 1 aliphatic rings. The van der Waals surface area contributed by atoms with Gasteiger partial charge < -0.3 is 5.32 Å². The number of halogens is 2. The molecule has 1 fully saturated rings. The van der Waals surface area contributed by atoms with E-state index < -0.39 is 15.9 Å². The molecule has 164 valence electrons. The van der Waals surface area contributed by atoms with Crippen LogP contribution in [-0.4, -0.2) is 47.7 Å². The van der Waals surface area contributed by atoms with Crippen LogP contribution in [0, 0.1) is 5.92 Å². The van der Waals surface area contributed by atoms with Gasteiger partial charge in [-0.15, -0.1) is 10.2 Å². The van der Waals surface area contributed by atoms with Crippen molar-refractivity contribution in [3.63, 3.8) is 0 Å². The highest BCUT2D eigenvalue weighted by atomic mass is 35.5. The summed E-state index contributed by atoms with van der Waals surface area (Å²) >= 11 is 14.9. The van der Waals surface area contributed by atoms with E-state index in [1.165, 1.54) is 21.7 Å². The molecule has 2 aromatic rings. The van der Waals surface area contributed by atoms with Gasteiger partial charge in [0, 0.05) is 28.9 Å². The third-order valence-electron chi connectivity index (χ3n) is 4.57. The predicted molar refractivity (Wildman–Crippen MR) is 123 cm³/mol. The fourth-order valence-electron chi connectivity index (χ4n) is 3.05. The van der Waals surface area contributed by atoms with Gasteiger partial charge in [0.05, 0.1) is 11.7 Å². The van der Waals surface area contributed by atoms with Crippen molar-refractivity contribution >= 4 is 67.4 Å². The normalized spacial score (nSPS) is 17.8. The molecule has 12 heteroatoms. The maximum absolute atomic E-state index is 12.9. The Balaban J connectivity index is 1.62. The van der Waals surface area contributed by atoms with Crippen molar-refractivity contribution in [1.29, 1.82) is 0 Å². The minimum Gasteiger partial charge on any atom is -0.300 e. The lowest BCUT2D eigenvalue weighted by atomic mass is 9.99. The number of thioether (sulfide) groups is 1. The highest BCUT2D eigenvalue weighted by Crippen LogP contribution is 2.29. The Morgan fingerprint density at radius 1 is 1.37 bits per heavy atom. The molecule has 1 aliphatic heterocycles. The SMILES string of the molecule is CCCSc1nnc(NC(=O)[C@@H]2CCCN(S(=O)(=O)Cc3ccc(Cl)cc3Cl)C2)s1. The quantitative estimate of drug-likeness (QED) is 0.415. The van der Waals surface area contributed by atoms with Crippen molar-refractivity contribution in [2.45, 2.75) is 36.3 Å². The van der Waals surface area contributed by atoms with Crippen molar-refractivity contribution in [2.24, 2.45) is 5.92 Å². The van der Waals surface area contributed by atoms with E-state index in [0.29, 0.717) is 40.1 Å². The van der Waals surface area contributed by atoms with Crippen molar-refractivity contribution < 1.29 is 13.2 Å². The first-order valence-corrected chi connectivity index (χ1v) is 13.6. The third kappa shape index (κ3) is 6.30. The van der Waals surface area contributed by atoms with Gasteiger partial charge >= 0.3 is 0 Å². The Hall–Kier alpha value is -0.910. The molecule has 0 unspecified atom stereocenters. The topological polar surface area (TPSA) is 92.3 Å². The summed E-state index contributed by atoms with van der Waals surface area (Å²) in [4.78, 5) is 12.7. The molecule has 0 bridgehead atoms. The van der Waals surface area contributed by atoms with Crippen LogP contribution < -0.4 is 5.32 Å². The number of nitrogens with one attached hydrogen (secondary N) is 1. The number of anilines is 1. The first-order valence-electron chi connectivity index (χ1n) is 9.47. The molecule has 1 N–H and O–H groups in total. The molecule has 1 aromatic carbocycles. The molecule has 0 spiro atoms. The van der Waals surface area contributed by atoms with Gasteiger partial charge in [0.2, 0.25) is 21.1 Å². The number of carbonyl (C=O) groups excluding carboxylic acids is 1. The molecule has 1 aromatic heterocycles. The standard InChI is InChI=1S/C18H22Cl2N4O3S3/c1-2-8-28-18-23-22-17(29-18)21-16(25)12-4-3-7-24(10-12)30(26,27)11-13-5-6-14(19)9-15(13)20/h5-6,9,12H,2-4,7-8,10-11H2,1H3,(H,21,22,25)/t12-/m1/s1. The average Bonchev–Trinajstić information content (AvgIpc) is 3.16. The Bertz CT molecular complexity index is 1000. The molecule has 7 nitrogen and oxygen atoms in total. The summed E-state index contributed by atoms with van der Waals surface area (Å²) in [6.45, 7) is 2.60. The molecule has 0 radical (unpaired) electrons. The number of hydrogen-bond acceptors (Lipinski definition) is 7. The van der Waals surface area contributed by atoms with Crippen LogP contribution in [0.5, 0.6) is 0 Å². The molecule has 0 aliphatic carbocycles. The van der Waals surface area contributed by atoms with E-state index in [1.54, 1.807) is 23.9 Å². The van der Waals surface area contributed by atoms with Gasteiger partial charge in [-0.25, -0.2) is 12.7 Å². The molecule has 1 saturated heterocycles. The van der Waals surface area contributed by atoms with Crippen LogP contribution in [0.15, 0.2) is 22.5 Å². The lowest BCUT2D eigenvalue weighted by Gasteiger charge is -2.31.